The molecule has 0 saturated carbocycles. The first-order chi connectivity index (χ1) is 10.7. The van der Waals surface area contributed by atoms with Crippen molar-refractivity contribution >= 4 is 5.91 Å². The molecular weight excluding hydrogens is 274 g/mol. The molecule has 3 rings (SSSR count). The van der Waals surface area contributed by atoms with Crippen molar-refractivity contribution < 1.29 is 4.79 Å². The molecule has 1 amide bonds. The van der Waals surface area contributed by atoms with Gasteiger partial charge in [-0.1, -0.05) is 42.5 Å². The molecular formula is C18H17N3O. The molecule has 0 radical (unpaired) electrons. The third-order valence-electron chi connectivity index (χ3n) is 3.62. The maximum Gasteiger partial charge on any atom is 0.251 e. The summed E-state index contributed by atoms with van der Waals surface area (Å²) < 4.78 is 1.87. The molecule has 0 aliphatic rings. The summed E-state index contributed by atoms with van der Waals surface area (Å²) in [5.41, 5.74) is 4.72. The van der Waals surface area contributed by atoms with E-state index < -0.39 is 0 Å². The van der Waals surface area contributed by atoms with E-state index >= 15 is 0 Å². The van der Waals surface area contributed by atoms with E-state index in [-0.39, 0.29) is 5.91 Å². The zero-order valence-electron chi connectivity index (χ0n) is 12.6. The van der Waals surface area contributed by atoms with Gasteiger partial charge >= 0.3 is 0 Å². The van der Waals surface area contributed by atoms with Crippen LogP contribution in [0.25, 0.3) is 22.5 Å². The van der Waals surface area contributed by atoms with Crippen molar-refractivity contribution in [3.63, 3.8) is 0 Å². The molecule has 0 atom stereocenters. The van der Waals surface area contributed by atoms with Crippen LogP contribution in [-0.2, 0) is 7.05 Å². The first-order valence-electron chi connectivity index (χ1n) is 7.11. The number of benzene rings is 2. The minimum atomic E-state index is -0.0856. The van der Waals surface area contributed by atoms with Gasteiger partial charge in [-0.25, -0.2) is 0 Å². The molecule has 1 N–H and O–H groups in total. The fraction of sp³-hybridized carbons (Fsp3) is 0.111. The molecule has 3 aromatic rings. The van der Waals surface area contributed by atoms with E-state index in [0.717, 1.165) is 22.5 Å². The van der Waals surface area contributed by atoms with Crippen LogP contribution in [-0.4, -0.2) is 22.7 Å². The molecule has 0 saturated heterocycles. The van der Waals surface area contributed by atoms with Crippen molar-refractivity contribution in [3.8, 4) is 22.5 Å². The molecule has 110 valence electrons. The Balaban J connectivity index is 1.95. The van der Waals surface area contributed by atoms with Gasteiger partial charge in [-0.15, -0.1) is 0 Å². The molecule has 1 aromatic heterocycles. The molecule has 1 heterocycles. The number of nitrogens with one attached hydrogen (secondary N) is 1. The number of rotatable bonds is 3. The number of hydrogen-bond donors (Lipinski definition) is 1. The minimum absolute atomic E-state index is 0.0856. The number of carbonyl (C=O) groups is 1. The highest BCUT2D eigenvalue weighted by atomic mass is 16.1. The number of nitrogens with zero attached hydrogens (tertiary/aromatic N) is 2. The second-order valence-corrected chi connectivity index (χ2v) is 5.06. The van der Waals surface area contributed by atoms with Gasteiger partial charge in [0.15, 0.2) is 0 Å². The van der Waals surface area contributed by atoms with Gasteiger partial charge in [-0.05, 0) is 23.8 Å². The third-order valence-corrected chi connectivity index (χ3v) is 3.62. The van der Waals surface area contributed by atoms with Crippen molar-refractivity contribution in [3.05, 3.63) is 66.2 Å². The van der Waals surface area contributed by atoms with E-state index in [1.807, 2.05) is 54.2 Å². The van der Waals surface area contributed by atoms with E-state index in [0.29, 0.717) is 5.56 Å². The topological polar surface area (TPSA) is 46.9 Å². The zero-order chi connectivity index (χ0) is 15.5. The monoisotopic (exact) mass is 291 g/mol. The van der Waals surface area contributed by atoms with Crippen molar-refractivity contribution in [1.82, 2.24) is 15.1 Å². The maximum atomic E-state index is 11.6. The Kier molecular flexibility index (Phi) is 3.74. The Hall–Kier alpha value is -2.88. The highest BCUT2D eigenvalue weighted by molar-refractivity contribution is 5.94. The van der Waals surface area contributed by atoms with Gasteiger partial charge in [0.2, 0.25) is 0 Å². The average Bonchev–Trinajstić information content (AvgIpc) is 2.97. The second kappa shape index (κ2) is 5.85. The predicted octanol–water partition coefficient (Wildman–Crippen LogP) is 3.11. The maximum absolute atomic E-state index is 11.6. The van der Waals surface area contributed by atoms with Gasteiger partial charge < -0.3 is 5.32 Å². The lowest BCUT2D eigenvalue weighted by molar-refractivity contribution is 0.0963. The Morgan fingerprint density at radius 2 is 1.68 bits per heavy atom. The van der Waals surface area contributed by atoms with Crippen LogP contribution in [0.2, 0.25) is 0 Å². The van der Waals surface area contributed by atoms with Crippen LogP contribution < -0.4 is 5.32 Å². The second-order valence-electron chi connectivity index (χ2n) is 5.06. The van der Waals surface area contributed by atoms with E-state index in [9.17, 15) is 4.79 Å². The summed E-state index contributed by atoms with van der Waals surface area (Å²) in [5, 5.41) is 7.18. The minimum Gasteiger partial charge on any atom is -0.355 e. The van der Waals surface area contributed by atoms with Crippen molar-refractivity contribution in [1.29, 1.82) is 0 Å². The largest absolute Gasteiger partial charge is 0.355 e. The van der Waals surface area contributed by atoms with Crippen LogP contribution in [0.5, 0.6) is 0 Å². The highest BCUT2D eigenvalue weighted by Gasteiger charge is 2.10. The van der Waals surface area contributed by atoms with E-state index in [1.165, 1.54) is 0 Å². The molecule has 0 spiro atoms. The molecule has 0 bridgehead atoms. The molecule has 22 heavy (non-hydrogen) atoms. The fourth-order valence-electron chi connectivity index (χ4n) is 2.42. The Morgan fingerprint density at radius 1 is 1.00 bits per heavy atom. The summed E-state index contributed by atoms with van der Waals surface area (Å²) in [5.74, 6) is -0.0856. The van der Waals surface area contributed by atoms with Crippen LogP contribution >= 0.6 is 0 Å². The zero-order valence-corrected chi connectivity index (χ0v) is 12.6. The van der Waals surface area contributed by atoms with Gasteiger partial charge in [0.1, 0.15) is 0 Å². The molecule has 0 unspecified atom stereocenters. The highest BCUT2D eigenvalue weighted by Crippen LogP contribution is 2.25. The van der Waals surface area contributed by atoms with Gasteiger partial charge in [0.05, 0.1) is 11.4 Å². The summed E-state index contributed by atoms with van der Waals surface area (Å²) in [7, 11) is 3.56. The Morgan fingerprint density at radius 3 is 2.32 bits per heavy atom. The quantitative estimate of drug-likeness (QED) is 0.806. The summed E-state index contributed by atoms with van der Waals surface area (Å²) in [4.78, 5) is 11.6. The van der Waals surface area contributed by atoms with Gasteiger partial charge in [-0.3, -0.25) is 9.48 Å². The van der Waals surface area contributed by atoms with Crippen molar-refractivity contribution in [2.45, 2.75) is 0 Å². The fourth-order valence-corrected chi connectivity index (χ4v) is 2.42. The molecule has 2 aromatic carbocycles. The Bertz CT molecular complexity index is 789. The molecule has 0 aliphatic heterocycles. The Labute approximate surface area is 129 Å². The van der Waals surface area contributed by atoms with Gasteiger partial charge in [-0.2, -0.15) is 5.10 Å². The van der Waals surface area contributed by atoms with Crippen LogP contribution in [0.3, 0.4) is 0 Å². The lowest BCUT2D eigenvalue weighted by Crippen LogP contribution is -2.17. The lowest BCUT2D eigenvalue weighted by Gasteiger charge is -2.00. The number of aromatic nitrogens is 2. The summed E-state index contributed by atoms with van der Waals surface area (Å²) in [6, 6.07) is 19.7. The lowest BCUT2D eigenvalue weighted by atomic mass is 10.1. The SMILES string of the molecule is CNC(=O)c1ccc(-c2cc(-c3ccccc3)n(C)n2)cc1. The van der Waals surface area contributed by atoms with Crippen molar-refractivity contribution in [2.24, 2.45) is 7.05 Å². The first-order valence-corrected chi connectivity index (χ1v) is 7.11. The first kappa shape index (κ1) is 14.1. The van der Waals surface area contributed by atoms with E-state index in [4.69, 9.17) is 0 Å². The van der Waals surface area contributed by atoms with Crippen molar-refractivity contribution in [2.75, 3.05) is 7.05 Å². The molecule has 0 fully saturated rings. The smallest absolute Gasteiger partial charge is 0.251 e. The summed E-state index contributed by atoms with van der Waals surface area (Å²) in [6.07, 6.45) is 0. The molecule has 4 nitrogen and oxygen atoms in total. The van der Waals surface area contributed by atoms with Crippen LogP contribution in [0.15, 0.2) is 60.7 Å². The summed E-state index contributed by atoms with van der Waals surface area (Å²) in [6.45, 7) is 0. The van der Waals surface area contributed by atoms with Gasteiger partial charge in [0, 0.05) is 25.2 Å². The number of carbonyl (C=O) groups excluding carboxylic acids is 1. The van der Waals surface area contributed by atoms with Crippen LogP contribution in [0, 0.1) is 0 Å². The molecule has 4 heteroatoms. The number of hydrogen-bond acceptors (Lipinski definition) is 2. The normalized spacial score (nSPS) is 10.5. The third kappa shape index (κ3) is 2.63. The van der Waals surface area contributed by atoms with E-state index in [1.54, 1.807) is 7.05 Å². The standard InChI is InChI=1S/C18H17N3O/c1-19-18(22)15-10-8-13(9-11-15)16-12-17(21(2)20-16)14-6-4-3-5-7-14/h3-12H,1-2H3,(H,19,22). The average molecular weight is 291 g/mol. The predicted molar refractivity (Wildman–Crippen MR) is 87.5 cm³/mol. The van der Waals surface area contributed by atoms with Crippen LogP contribution in [0.4, 0.5) is 0 Å². The van der Waals surface area contributed by atoms with Crippen LogP contribution in [0.1, 0.15) is 10.4 Å². The van der Waals surface area contributed by atoms with E-state index in [2.05, 4.69) is 28.6 Å². The number of aryl methyl sites for hydroxylation is 1. The van der Waals surface area contributed by atoms with Gasteiger partial charge in [0.25, 0.3) is 5.91 Å². The summed E-state index contributed by atoms with van der Waals surface area (Å²) >= 11 is 0. The number of amides is 1. The molecule has 0 aliphatic carbocycles.